The number of carbonyl (C=O) groups is 1. The van der Waals surface area contributed by atoms with Crippen molar-refractivity contribution in [3.63, 3.8) is 0 Å². The number of amides is 1. The maximum absolute atomic E-state index is 13.0. The summed E-state index contributed by atoms with van der Waals surface area (Å²) in [6.07, 6.45) is -0.375. The Kier molecular flexibility index (Phi) is 4.53. The summed E-state index contributed by atoms with van der Waals surface area (Å²) in [4.78, 5) is 14.8. The van der Waals surface area contributed by atoms with Gasteiger partial charge in [0.15, 0.2) is 0 Å². The summed E-state index contributed by atoms with van der Waals surface area (Å²) < 4.78 is 0. The molecule has 0 saturated heterocycles. The van der Waals surface area contributed by atoms with E-state index >= 15 is 0 Å². The Balaban J connectivity index is 1.74. The zero-order valence-electron chi connectivity index (χ0n) is 14.4. The van der Waals surface area contributed by atoms with Crippen LogP contribution in [0.3, 0.4) is 0 Å². The van der Waals surface area contributed by atoms with Gasteiger partial charge in [-0.15, -0.1) is 0 Å². The van der Waals surface area contributed by atoms with Gasteiger partial charge in [0.2, 0.25) is 0 Å². The molecule has 1 N–H and O–H groups in total. The molecule has 0 radical (unpaired) electrons. The molecule has 1 aliphatic rings. The summed E-state index contributed by atoms with van der Waals surface area (Å²) in [5.41, 5.74) is 3.66. The van der Waals surface area contributed by atoms with E-state index in [9.17, 15) is 10.1 Å². The number of benzene rings is 3. The van der Waals surface area contributed by atoms with E-state index in [0.29, 0.717) is 28.4 Å². The molecule has 4 nitrogen and oxygen atoms in total. The lowest BCUT2D eigenvalue weighted by molar-refractivity contribution is 0.0729. The third kappa shape index (κ3) is 3.14. The SMILES string of the molecule is N#Cc1ccccc1NC1c2ccccc2C(=O)N1Cc1ccccc1Cl. The lowest BCUT2D eigenvalue weighted by Crippen LogP contribution is -2.32. The first-order valence-electron chi connectivity index (χ1n) is 8.58. The van der Waals surface area contributed by atoms with Crippen LogP contribution in [0.1, 0.15) is 33.2 Å². The predicted molar refractivity (Wildman–Crippen MR) is 105 cm³/mol. The van der Waals surface area contributed by atoms with Gasteiger partial charge in [0, 0.05) is 22.7 Å². The van der Waals surface area contributed by atoms with Crippen molar-refractivity contribution >= 4 is 23.2 Å². The molecule has 0 spiro atoms. The summed E-state index contributed by atoms with van der Waals surface area (Å²) in [6, 6.07) is 24.5. The van der Waals surface area contributed by atoms with Crippen molar-refractivity contribution in [2.45, 2.75) is 12.7 Å². The number of nitriles is 1. The van der Waals surface area contributed by atoms with E-state index in [1.807, 2.05) is 66.7 Å². The van der Waals surface area contributed by atoms with Gasteiger partial charge in [-0.1, -0.05) is 60.1 Å². The number of halogens is 1. The minimum atomic E-state index is -0.375. The van der Waals surface area contributed by atoms with Gasteiger partial charge in [0.25, 0.3) is 5.91 Å². The summed E-state index contributed by atoms with van der Waals surface area (Å²) in [6.45, 7) is 0.375. The first-order chi connectivity index (χ1) is 13.2. The highest BCUT2D eigenvalue weighted by atomic mass is 35.5. The van der Waals surface area contributed by atoms with Gasteiger partial charge in [0.05, 0.1) is 11.3 Å². The fraction of sp³-hybridized carbons (Fsp3) is 0.0909. The van der Waals surface area contributed by atoms with Crippen molar-refractivity contribution in [1.82, 2.24) is 4.90 Å². The van der Waals surface area contributed by atoms with Crippen LogP contribution in [0, 0.1) is 11.3 Å². The molecular formula is C22H16ClN3O. The Morgan fingerprint density at radius 3 is 2.52 bits per heavy atom. The van der Waals surface area contributed by atoms with E-state index in [-0.39, 0.29) is 12.1 Å². The molecule has 27 heavy (non-hydrogen) atoms. The molecule has 1 unspecified atom stereocenters. The van der Waals surface area contributed by atoms with E-state index in [2.05, 4.69) is 11.4 Å². The molecule has 4 rings (SSSR count). The maximum Gasteiger partial charge on any atom is 0.256 e. The van der Waals surface area contributed by atoms with Crippen LogP contribution in [0.25, 0.3) is 0 Å². The normalized spacial score (nSPS) is 15.3. The lowest BCUT2D eigenvalue weighted by Gasteiger charge is -2.28. The molecule has 1 heterocycles. The van der Waals surface area contributed by atoms with Crippen LogP contribution < -0.4 is 5.32 Å². The number of hydrogen-bond acceptors (Lipinski definition) is 3. The number of fused-ring (bicyclic) bond motifs is 1. The number of nitrogens with one attached hydrogen (secondary N) is 1. The topological polar surface area (TPSA) is 56.1 Å². The zero-order chi connectivity index (χ0) is 18.8. The molecule has 132 valence electrons. The number of nitrogens with zero attached hydrogens (tertiary/aromatic N) is 2. The molecule has 3 aromatic carbocycles. The van der Waals surface area contributed by atoms with Crippen LogP contribution in [0.2, 0.25) is 5.02 Å². The third-order valence-electron chi connectivity index (χ3n) is 4.70. The average Bonchev–Trinajstić information content (AvgIpc) is 2.96. The van der Waals surface area contributed by atoms with Crippen LogP contribution in [0.15, 0.2) is 72.8 Å². The second kappa shape index (κ2) is 7.14. The van der Waals surface area contributed by atoms with Crippen molar-refractivity contribution in [3.05, 3.63) is 100 Å². The van der Waals surface area contributed by atoms with Crippen molar-refractivity contribution in [3.8, 4) is 6.07 Å². The second-order valence-corrected chi connectivity index (χ2v) is 6.72. The van der Waals surface area contributed by atoms with Crippen molar-refractivity contribution < 1.29 is 4.79 Å². The monoisotopic (exact) mass is 373 g/mol. The van der Waals surface area contributed by atoms with Gasteiger partial charge in [-0.05, 0) is 29.8 Å². The number of hydrogen-bond donors (Lipinski definition) is 1. The van der Waals surface area contributed by atoms with Crippen molar-refractivity contribution in [2.75, 3.05) is 5.32 Å². The summed E-state index contributed by atoms with van der Waals surface area (Å²) in [5, 5.41) is 13.4. The quantitative estimate of drug-likeness (QED) is 0.701. The van der Waals surface area contributed by atoms with E-state index in [1.54, 1.807) is 11.0 Å². The molecule has 1 aliphatic heterocycles. The number of anilines is 1. The van der Waals surface area contributed by atoms with E-state index < -0.39 is 0 Å². The smallest absolute Gasteiger partial charge is 0.256 e. The van der Waals surface area contributed by atoms with E-state index in [0.717, 1.165) is 11.1 Å². The summed E-state index contributed by atoms with van der Waals surface area (Å²) >= 11 is 6.32. The molecule has 0 aliphatic carbocycles. The van der Waals surface area contributed by atoms with Crippen LogP contribution in [-0.2, 0) is 6.54 Å². The standard InChI is InChI=1S/C22H16ClN3O/c23-19-11-5-1-8-16(19)14-26-21(17-9-3-4-10-18(17)22(26)27)25-20-12-6-2-7-15(20)13-24/h1-12,21,25H,14H2. The van der Waals surface area contributed by atoms with Gasteiger partial charge in [0.1, 0.15) is 12.2 Å². The molecule has 5 heteroatoms. The largest absolute Gasteiger partial charge is 0.360 e. The summed E-state index contributed by atoms with van der Waals surface area (Å²) in [7, 11) is 0. The number of para-hydroxylation sites is 1. The molecule has 0 saturated carbocycles. The highest BCUT2D eigenvalue weighted by molar-refractivity contribution is 6.31. The molecule has 0 fully saturated rings. The Bertz CT molecular complexity index is 1060. The fourth-order valence-corrected chi connectivity index (χ4v) is 3.55. The molecule has 1 amide bonds. The van der Waals surface area contributed by atoms with Crippen LogP contribution in [-0.4, -0.2) is 10.8 Å². The van der Waals surface area contributed by atoms with E-state index in [1.165, 1.54) is 0 Å². The minimum absolute atomic E-state index is 0.0579. The highest BCUT2D eigenvalue weighted by Crippen LogP contribution is 2.36. The lowest BCUT2D eigenvalue weighted by atomic mass is 10.1. The van der Waals surface area contributed by atoms with Crippen molar-refractivity contribution in [2.24, 2.45) is 0 Å². The molecule has 0 aromatic heterocycles. The van der Waals surface area contributed by atoms with Gasteiger partial charge >= 0.3 is 0 Å². The molecule has 1 atom stereocenters. The summed E-state index contributed by atoms with van der Waals surface area (Å²) in [5.74, 6) is -0.0579. The minimum Gasteiger partial charge on any atom is -0.360 e. The molecular weight excluding hydrogens is 358 g/mol. The Hall–Kier alpha value is -3.29. The average molecular weight is 374 g/mol. The van der Waals surface area contributed by atoms with Gasteiger partial charge in [-0.2, -0.15) is 5.26 Å². The molecule has 0 bridgehead atoms. The second-order valence-electron chi connectivity index (χ2n) is 6.32. The van der Waals surface area contributed by atoms with Crippen molar-refractivity contribution in [1.29, 1.82) is 5.26 Å². The van der Waals surface area contributed by atoms with Crippen LogP contribution in [0.4, 0.5) is 5.69 Å². The predicted octanol–water partition coefficient (Wildman–Crippen LogP) is 4.98. The first-order valence-corrected chi connectivity index (χ1v) is 8.96. The van der Waals surface area contributed by atoms with E-state index in [4.69, 9.17) is 11.6 Å². The Morgan fingerprint density at radius 1 is 1.00 bits per heavy atom. The van der Waals surface area contributed by atoms with Gasteiger partial charge in [-0.25, -0.2) is 0 Å². The number of carbonyl (C=O) groups excluding carboxylic acids is 1. The number of rotatable bonds is 4. The Labute approximate surface area is 162 Å². The Morgan fingerprint density at radius 2 is 1.70 bits per heavy atom. The maximum atomic E-state index is 13.0. The third-order valence-corrected chi connectivity index (χ3v) is 5.07. The van der Waals surface area contributed by atoms with Crippen LogP contribution >= 0.6 is 11.6 Å². The molecule has 3 aromatic rings. The van der Waals surface area contributed by atoms with Gasteiger partial charge < -0.3 is 10.2 Å². The first kappa shape index (κ1) is 17.1. The zero-order valence-corrected chi connectivity index (χ0v) is 15.1. The van der Waals surface area contributed by atoms with Gasteiger partial charge in [-0.3, -0.25) is 4.79 Å². The fourth-order valence-electron chi connectivity index (χ4n) is 3.35. The highest BCUT2D eigenvalue weighted by Gasteiger charge is 2.36. The van der Waals surface area contributed by atoms with Crippen LogP contribution in [0.5, 0.6) is 0 Å².